The predicted molar refractivity (Wildman–Crippen MR) is 162 cm³/mol. The van der Waals surface area contributed by atoms with Crippen LogP contribution >= 0.6 is 34.7 Å². The number of thiazole rings is 1. The maximum Gasteiger partial charge on any atom is 0.273 e. The Labute approximate surface area is 250 Å². The highest BCUT2D eigenvalue weighted by Crippen LogP contribution is 2.32. The van der Waals surface area contributed by atoms with Gasteiger partial charge in [-0.3, -0.25) is 14.3 Å². The third-order valence-corrected chi connectivity index (χ3v) is 8.93. The molecule has 41 heavy (non-hydrogen) atoms. The molecule has 3 aromatic heterocycles. The van der Waals surface area contributed by atoms with Gasteiger partial charge >= 0.3 is 0 Å². The number of rotatable bonds is 8. The molecule has 1 amide bonds. The first kappa shape index (κ1) is 27.3. The Bertz CT molecular complexity index is 1650. The predicted octanol–water partition coefficient (Wildman–Crippen LogP) is 5.70. The standard InChI is InChI=1S/C29H26ClN7O2S2/c1-39-25-8-3-2-7-24(25)35-13-15-36(16-14-35)28(38)23-18-40-26(32-23)19-41-29-34-33-27(20-9-11-31-12-10-20)37(29)22-6-4-5-21(30)17-22/h2-12,17-18H,13-16,19H2,1H3. The molecule has 0 aliphatic carbocycles. The van der Waals surface area contributed by atoms with Gasteiger partial charge in [-0.1, -0.05) is 41.6 Å². The van der Waals surface area contributed by atoms with E-state index in [0.29, 0.717) is 40.5 Å². The summed E-state index contributed by atoms with van der Waals surface area (Å²) in [5.74, 6) is 2.04. The van der Waals surface area contributed by atoms with Crippen LogP contribution in [0.2, 0.25) is 5.02 Å². The van der Waals surface area contributed by atoms with E-state index in [2.05, 4.69) is 25.1 Å². The molecule has 2 aromatic carbocycles. The average Bonchev–Trinajstić information content (AvgIpc) is 3.68. The zero-order valence-corrected chi connectivity index (χ0v) is 24.6. The van der Waals surface area contributed by atoms with Gasteiger partial charge in [0.15, 0.2) is 11.0 Å². The summed E-state index contributed by atoms with van der Waals surface area (Å²) in [5, 5.41) is 13.0. The van der Waals surface area contributed by atoms with Crippen LogP contribution in [0.15, 0.2) is 83.6 Å². The van der Waals surface area contributed by atoms with Crippen molar-refractivity contribution in [1.82, 2.24) is 29.6 Å². The summed E-state index contributed by atoms with van der Waals surface area (Å²) < 4.78 is 7.49. The molecule has 1 aliphatic heterocycles. The van der Waals surface area contributed by atoms with Crippen molar-refractivity contribution in [3.05, 3.63) is 94.2 Å². The van der Waals surface area contributed by atoms with Crippen molar-refractivity contribution >= 4 is 46.3 Å². The number of benzene rings is 2. The van der Waals surface area contributed by atoms with E-state index < -0.39 is 0 Å². The number of carbonyl (C=O) groups excluding carboxylic acids is 1. The maximum atomic E-state index is 13.3. The number of halogens is 1. The topological polar surface area (TPSA) is 89.3 Å². The minimum Gasteiger partial charge on any atom is -0.495 e. The van der Waals surface area contributed by atoms with Crippen molar-refractivity contribution in [1.29, 1.82) is 0 Å². The molecule has 0 unspecified atom stereocenters. The van der Waals surface area contributed by atoms with E-state index in [9.17, 15) is 4.79 Å². The van der Waals surface area contributed by atoms with Crippen molar-refractivity contribution in [2.24, 2.45) is 0 Å². The van der Waals surface area contributed by atoms with Crippen LogP contribution in [0.25, 0.3) is 17.1 Å². The van der Waals surface area contributed by atoms with Crippen molar-refractivity contribution in [3.63, 3.8) is 0 Å². The van der Waals surface area contributed by atoms with E-state index in [1.54, 1.807) is 19.5 Å². The Morgan fingerprint density at radius 3 is 2.61 bits per heavy atom. The molecular formula is C29H26ClN7O2S2. The molecule has 1 fully saturated rings. The quantitative estimate of drug-likeness (QED) is 0.209. The second kappa shape index (κ2) is 12.3. The molecule has 208 valence electrons. The number of amides is 1. The van der Waals surface area contributed by atoms with Gasteiger partial charge in [0.2, 0.25) is 0 Å². The SMILES string of the molecule is COc1ccccc1N1CCN(C(=O)c2csc(CSc3nnc(-c4ccncc4)n3-c3cccc(Cl)c3)n2)CC1. The Balaban J connectivity index is 1.14. The molecule has 0 bridgehead atoms. The van der Waals surface area contributed by atoms with Gasteiger partial charge in [-0.15, -0.1) is 21.5 Å². The van der Waals surface area contributed by atoms with E-state index in [0.717, 1.165) is 40.8 Å². The van der Waals surface area contributed by atoms with Gasteiger partial charge < -0.3 is 14.5 Å². The number of hydrogen-bond donors (Lipinski definition) is 0. The van der Waals surface area contributed by atoms with Crippen molar-refractivity contribution in [3.8, 4) is 22.8 Å². The fraction of sp³-hybridized carbons (Fsp3) is 0.207. The Morgan fingerprint density at radius 2 is 1.83 bits per heavy atom. The lowest BCUT2D eigenvalue weighted by Gasteiger charge is -2.36. The Hall–Kier alpha value is -3.93. The molecule has 12 heteroatoms. The molecule has 4 heterocycles. The van der Waals surface area contributed by atoms with Crippen LogP contribution in [0.4, 0.5) is 5.69 Å². The Morgan fingerprint density at radius 1 is 1.02 bits per heavy atom. The monoisotopic (exact) mass is 603 g/mol. The lowest BCUT2D eigenvalue weighted by atomic mass is 10.2. The third-order valence-electron chi connectivity index (χ3n) is 6.73. The highest BCUT2D eigenvalue weighted by atomic mass is 35.5. The normalized spacial score (nSPS) is 13.4. The fourth-order valence-electron chi connectivity index (χ4n) is 4.70. The van der Waals surface area contributed by atoms with Crippen molar-refractivity contribution in [2.45, 2.75) is 10.9 Å². The molecule has 6 rings (SSSR count). The second-order valence-electron chi connectivity index (χ2n) is 9.22. The van der Waals surface area contributed by atoms with Crippen LogP contribution in [0.1, 0.15) is 15.5 Å². The first-order valence-electron chi connectivity index (χ1n) is 13.0. The first-order chi connectivity index (χ1) is 20.1. The summed E-state index contributed by atoms with van der Waals surface area (Å²) in [7, 11) is 1.68. The summed E-state index contributed by atoms with van der Waals surface area (Å²) in [5.41, 5.74) is 3.28. The fourth-order valence-corrected chi connectivity index (χ4v) is 6.63. The van der Waals surface area contributed by atoms with Gasteiger partial charge in [0.05, 0.1) is 24.2 Å². The number of thioether (sulfide) groups is 1. The van der Waals surface area contributed by atoms with Crippen LogP contribution < -0.4 is 9.64 Å². The van der Waals surface area contributed by atoms with E-state index in [-0.39, 0.29) is 5.91 Å². The van der Waals surface area contributed by atoms with Gasteiger partial charge in [-0.05, 0) is 42.5 Å². The maximum absolute atomic E-state index is 13.3. The van der Waals surface area contributed by atoms with Crippen LogP contribution in [0.5, 0.6) is 5.75 Å². The second-order valence-corrected chi connectivity index (χ2v) is 11.5. The largest absolute Gasteiger partial charge is 0.495 e. The van der Waals surface area contributed by atoms with E-state index in [1.165, 1.54) is 23.1 Å². The van der Waals surface area contributed by atoms with Gasteiger partial charge in [0.25, 0.3) is 5.91 Å². The molecule has 0 saturated carbocycles. The molecule has 9 nitrogen and oxygen atoms in total. The number of para-hydroxylation sites is 2. The number of pyridine rings is 1. The minimum absolute atomic E-state index is 0.0424. The average molecular weight is 604 g/mol. The molecule has 0 atom stereocenters. The van der Waals surface area contributed by atoms with Crippen molar-refractivity contribution in [2.75, 3.05) is 38.2 Å². The number of nitrogens with zero attached hydrogens (tertiary/aromatic N) is 7. The molecule has 0 spiro atoms. The van der Waals surface area contributed by atoms with Gasteiger partial charge in [0.1, 0.15) is 16.5 Å². The molecule has 5 aromatic rings. The van der Waals surface area contributed by atoms with E-state index in [1.807, 2.05) is 75.5 Å². The smallest absolute Gasteiger partial charge is 0.273 e. The minimum atomic E-state index is -0.0424. The molecular weight excluding hydrogens is 578 g/mol. The number of aromatic nitrogens is 5. The summed E-state index contributed by atoms with van der Waals surface area (Å²) in [6.07, 6.45) is 3.46. The lowest BCUT2D eigenvalue weighted by molar-refractivity contribution is 0.0741. The van der Waals surface area contributed by atoms with Crippen molar-refractivity contribution < 1.29 is 9.53 Å². The summed E-state index contributed by atoms with van der Waals surface area (Å²) in [6.45, 7) is 2.72. The van der Waals surface area contributed by atoms with Crippen LogP contribution in [0, 0.1) is 0 Å². The van der Waals surface area contributed by atoms with E-state index in [4.69, 9.17) is 16.3 Å². The summed E-state index contributed by atoms with van der Waals surface area (Å²) >= 11 is 9.30. The Kier molecular flexibility index (Phi) is 8.17. The molecule has 0 radical (unpaired) electrons. The molecule has 1 saturated heterocycles. The van der Waals surface area contributed by atoms with E-state index >= 15 is 0 Å². The number of carbonyl (C=O) groups is 1. The highest BCUT2D eigenvalue weighted by Gasteiger charge is 2.25. The summed E-state index contributed by atoms with van der Waals surface area (Å²) in [6, 6.07) is 19.3. The highest BCUT2D eigenvalue weighted by molar-refractivity contribution is 7.98. The number of piperazine rings is 1. The zero-order chi connectivity index (χ0) is 28.2. The lowest BCUT2D eigenvalue weighted by Crippen LogP contribution is -2.49. The number of anilines is 1. The van der Waals surface area contributed by atoms with Gasteiger partial charge in [-0.25, -0.2) is 4.98 Å². The van der Waals surface area contributed by atoms with Crippen LogP contribution in [0.3, 0.4) is 0 Å². The zero-order valence-electron chi connectivity index (χ0n) is 22.2. The van der Waals surface area contributed by atoms with Crippen LogP contribution in [-0.4, -0.2) is 68.8 Å². The molecule has 0 N–H and O–H groups in total. The number of ether oxygens (including phenoxy) is 1. The number of hydrogen-bond acceptors (Lipinski definition) is 9. The van der Waals surface area contributed by atoms with Crippen LogP contribution in [-0.2, 0) is 5.75 Å². The summed E-state index contributed by atoms with van der Waals surface area (Å²) in [4.78, 5) is 26.2. The van der Waals surface area contributed by atoms with Gasteiger partial charge in [0, 0.05) is 54.5 Å². The first-order valence-corrected chi connectivity index (χ1v) is 15.2. The number of methoxy groups -OCH3 is 1. The van der Waals surface area contributed by atoms with Gasteiger partial charge in [-0.2, -0.15) is 0 Å². The molecule has 1 aliphatic rings. The third kappa shape index (κ3) is 5.92.